The minimum absolute atomic E-state index is 0.807. The molecule has 3 rings (SSSR count). The van der Waals surface area contributed by atoms with E-state index < -0.39 is 0 Å². The number of rotatable bonds is 5. The van der Waals surface area contributed by atoms with Crippen LogP contribution in [-0.2, 0) is 0 Å². The molecule has 5 nitrogen and oxygen atoms in total. The Hall–Kier alpha value is -1.27. The molecule has 1 aliphatic rings. The molecule has 0 bridgehead atoms. The summed E-state index contributed by atoms with van der Waals surface area (Å²) in [7, 11) is 2.19. The van der Waals surface area contributed by atoms with Gasteiger partial charge in [-0.3, -0.25) is 0 Å². The van der Waals surface area contributed by atoms with Gasteiger partial charge in [-0.1, -0.05) is 0 Å². The average Bonchev–Trinajstić information content (AvgIpc) is 3.15. The van der Waals surface area contributed by atoms with E-state index in [0.717, 1.165) is 40.9 Å². The zero-order chi connectivity index (χ0) is 12.5. The molecule has 0 atom stereocenters. The van der Waals surface area contributed by atoms with Gasteiger partial charge in [0, 0.05) is 19.1 Å². The predicted molar refractivity (Wildman–Crippen MR) is 74.1 cm³/mol. The summed E-state index contributed by atoms with van der Waals surface area (Å²) >= 11 is 1.43. The van der Waals surface area contributed by atoms with Gasteiger partial charge in [-0.2, -0.15) is 4.37 Å². The molecule has 96 valence electrons. The van der Waals surface area contributed by atoms with E-state index in [-0.39, 0.29) is 0 Å². The van der Waals surface area contributed by atoms with E-state index >= 15 is 0 Å². The maximum atomic E-state index is 4.33. The van der Waals surface area contributed by atoms with Crippen LogP contribution < -0.4 is 5.32 Å². The molecule has 0 amide bonds. The number of aromatic nitrogens is 3. The predicted octanol–water partition coefficient (Wildman–Crippen LogP) is 1.90. The van der Waals surface area contributed by atoms with Gasteiger partial charge in [-0.15, -0.1) is 0 Å². The number of aryl methyl sites for hydroxylation is 1. The zero-order valence-corrected chi connectivity index (χ0v) is 11.5. The third kappa shape index (κ3) is 2.30. The van der Waals surface area contributed by atoms with Gasteiger partial charge in [0.15, 0.2) is 0 Å². The fraction of sp³-hybridized carbons (Fsp3) is 0.583. The van der Waals surface area contributed by atoms with E-state index in [1.807, 2.05) is 6.92 Å². The number of anilines is 1. The highest BCUT2D eigenvalue weighted by molar-refractivity contribution is 7.13. The second kappa shape index (κ2) is 4.78. The van der Waals surface area contributed by atoms with Gasteiger partial charge >= 0.3 is 0 Å². The molecule has 0 spiro atoms. The lowest BCUT2D eigenvalue weighted by molar-refractivity contribution is 0.337. The Morgan fingerprint density at radius 3 is 3.06 bits per heavy atom. The summed E-state index contributed by atoms with van der Waals surface area (Å²) in [6.07, 6.45) is 4.30. The Bertz CT molecular complexity index is 548. The van der Waals surface area contributed by atoms with Gasteiger partial charge in [-0.25, -0.2) is 9.97 Å². The SMILES string of the molecule is Cc1nsc2ncnc(NCCN(C)C3CC3)c12. The summed E-state index contributed by atoms with van der Waals surface area (Å²) in [4.78, 5) is 11.9. The summed E-state index contributed by atoms with van der Waals surface area (Å²) in [6.45, 7) is 3.96. The number of hydrogen-bond acceptors (Lipinski definition) is 6. The average molecular weight is 263 g/mol. The van der Waals surface area contributed by atoms with Crippen molar-refractivity contribution in [3.8, 4) is 0 Å². The lowest BCUT2D eigenvalue weighted by atomic mass is 10.3. The molecule has 0 unspecified atom stereocenters. The van der Waals surface area contributed by atoms with Crippen molar-refractivity contribution < 1.29 is 0 Å². The van der Waals surface area contributed by atoms with Crippen molar-refractivity contribution in [1.82, 2.24) is 19.2 Å². The van der Waals surface area contributed by atoms with Gasteiger partial charge in [0.05, 0.1) is 11.1 Å². The van der Waals surface area contributed by atoms with Gasteiger partial charge in [0.2, 0.25) is 0 Å². The Labute approximate surface area is 110 Å². The van der Waals surface area contributed by atoms with E-state index in [1.54, 1.807) is 6.33 Å². The minimum atomic E-state index is 0.807. The van der Waals surface area contributed by atoms with Crippen molar-refractivity contribution in [1.29, 1.82) is 0 Å². The van der Waals surface area contributed by atoms with Crippen LogP contribution in [-0.4, -0.2) is 45.4 Å². The molecule has 0 saturated heterocycles. The number of likely N-dealkylation sites (N-methyl/N-ethyl adjacent to an activating group) is 1. The molecule has 0 aliphatic heterocycles. The van der Waals surface area contributed by atoms with Crippen LogP contribution in [0, 0.1) is 6.92 Å². The Balaban J connectivity index is 1.68. The Kier molecular flexibility index (Phi) is 3.13. The molecular weight excluding hydrogens is 246 g/mol. The van der Waals surface area contributed by atoms with Crippen LogP contribution in [0.25, 0.3) is 10.2 Å². The molecule has 2 aromatic rings. The molecule has 18 heavy (non-hydrogen) atoms. The normalized spacial score (nSPS) is 15.5. The largest absolute Gasteiger partial charge is 0.368 e. The Morgan fingerprint density at radius 1 is 1.44 bits per heavy atom. The maximum absolute atomic E-state index is 4.33. The highest BCUT2D eigenvalue weighted by atomic mass is 32.1. The molecule has 2 aromatic heterocycles. The first-order valence-electron chi connectivity index (χ1n) is 6.27. The number of nitrogens with zero attached hydrogens (tertiary/aromatic N) is 4. The topological polar surface area (TPSA) is 53.9 Å². The van der Waals surface area contributed by atoms with Gasteiger partial charge < -0.3 is 10.2 Å². The number of hydrogen-bond donors (Lipinski definition) is 1. The standard InChI is InChI=1S/C12H17N5S/c1-8-10-11(14-7-15-12(10)18-16-8)13-5-6-17(2)9-3-4-9/h7,9H,3-6H2,1-2H3,(H,13,14,15). The van der Waals surface area contributed by atoms with Crippen molar-refractivity contribution in [2.24, 2.45) is 0 Å². The van der Waals surface area contributed by atoms with Crippen LogP contribution >= 0.6 is 11.5 Å². The van der Waals surface area contributed by atoms with Crippen molar-refractivity contribution in [2.45, 2.75) is 25.8 Å². The molecule has 0 radical (unpaired) electrons. The van der Waals surface area contributed by atoms with E-state index in [1.165, 1.54) is 24.4 Å². The minimum Gasteiger partial charge on any atom is -0.368 e. The molecule has 2 heterocycles. The smallest absolute Gasteiger partial charge is 0.149 e. The van der Waals surface area contributed by atoms with E-state index in [2.05, 4.69) is 31.6 Å². The van der Waals surface area contributed by atoms with Gasteiger partial charge in [-0.05, 0) is 38.3 Å². The molecule has 1 aliphatic carbocycles. The van der Waals surface area contributed by atoms with Crippen LogP contribution in [0.3, 0.4) is 0 Å². The summed E-state index contributed by atoms with van der Waals surface area (Å²) in [5.74, 6) is 0.912. The third-order valence-corrected chi connectivity index (χ3v) is 4.22. The van der Waals surface area contributed by atoms with Gasteiger partial charge in [0.25, 0.3) is 0 Å². The quantitative estimate of drug-likeness (QED) is 0.893. The van der Waals surface area contributed by atoms with Crippen molar-refractivity contribution >= 4 is 27.6 Å². The van der Waals surface area contributed by atoms with E-state index in [0.29, 0.717) is 0 Å². The lowest BCUT2D eigenvalue weighted by Crippen LogP contribution is -2.27. The maximum Gasteiger partial charge on any atom is 0.149 e. The highest BCUT2D eigenvalue weighted by Gasteiger charge is 2.25. The van der Waals surface area contributed by atoms with Crippen molar-refractivity contribution in [2.75, 3.05) is 25.5 Å². The number of nitrogens with one attached hydrogen (secondary N) is 1. The molecule has 1 fully saturated rings. The summed E-state index contributed by atoms with van der Waals surface area (Å²) in [5.41, 5.74) is 1.01. The lowest BCUT2D eigenvalue weighted by Gasteiger charge is -2.16. The van der Waals surface area contributed by atoms with E-state index in [4.69, 9.17) is 0 Å². The molecule has 1 saturated carbocycles. The first kappa shape index (κ1) is 11.8. The monoisotopic (exact) mass is 263 g/mol. The summed E-state index contributed by atoms with van der Waals surface area (Å²) in [5, 5.41) is 4.47. The second-order valence-corrected chi connectivity index (χ2v) is 5.56. The first-order chi connectivity index (χ1) is 8.75. The molecule has 6 heteroatoms. The third-order valence-electron chi connectivity index (χ3n) is 3.37. The fourth-order valence-electron chi connectivity index (χ4n) is 2.10. The molecule has 1 N–H and O–H groups in total. The number of fused-ring (bicyclic) bond motifs is 1. The van der Waals surface area contributed by atoms with Crippen molar-refractivity contribution in [3.05, 3.63) is 12.0 Å². The summed E-state index contributed by atoms with van der Waals surface area (Å²) in [6, 6.07) is 0.807. The van der Waals surface area contributed by atoms with E-state index in [9.17, 15) is 0 Å². The molecular formula is C12H17N5S. The fourth-order valence-corrected chi connectivity index (χ4v) is 2.85. The second-order valence-electron chi connectivity index (χ2n) is 4.81. The highest BCUT2D eigenvalue weighted by Crippen LogP contribution is 2.26. The van der Waals surface area contributed by atoms with Crippen LogP contribution in [0.4, 0.5) is 5.82 Å². The summed E-state index contributed by atoms with van der Waals surface area (Å²) < 4.78 is 4.33. The van der Waals surface area contributed by atoms with Crippen LogP contribution in [0.5, 0.6) is 0 Å². The van der Waals surface area contributed by atoms with Crippen LogP contribution in [0.1, 0.15) is 18.5 Å². The molecule has 0 aromatic carbocycles. The van der Waals surface area contributed by atoms with Crippen molar-refractivity contribution in [3.63, 3.8) is 0 Å². The van der Waals surface area contributed by atoms with Crippen LogP contribution in [0.15, 0.2) is 6.33 Å². The zero-order valence-electron chi connectivity index (χ0n) is 10.7. The van der Waals surface area contributed by atoms with Gasteiger partial charge in [0.1, 0.15) is 17.0 Å². The first-order valence-corrected chi connectivity index (χ1v) is 7.04. The Morgan fingerprint density at radius 2 is 2.28 bits per heavy atom. The van der Waals surface area contributed by atoms with Crippen LogP contribution in [0.2, 0.25) is 0 Å².